The zero-order valence-corrected chi connectivity index (χ0v) is 18.5. The van der Waals surface area contributed by atoms with Gasteiger partial charge in [-0.25, -0.2) is 8.42 Å². The molecule has 1 aromatic carbocycles. The lowest BCUT2D eigenvalue weighted by Gasteiger charge is -2.35. The first-order valence-corrected chi connectivity index (χ1v) is 12.1. The van der Waals surface area contributed by atoms with Crippen molar-refractivity contribution in [3.8, 4) is 0 Å². The molecule has 0 spiro atoms. The van der Waals surface area contributed by atoms with Crippen molar-refractivity contribution >= 4 is 15.8 Å². The van der Waals surface area contributed by atoms with E-state index in [1.165, 1.54) is 0 Å². The van der Waals surface area contributed by atoms with E-state index in [-0.39, 0.29) is 11.8 Å². The SMILES string of the molecule is CCN=C(NC1CCN(C(C)C)CC1)NC(CC)CS(=O)(=O)c1ccccc1. The van der Waals surface area contributed by atoms with Gasteiger partial charge >= 0.3 is 0 Å². The van der Waals surface area contributed by atoms with Crippen LogP contribution in [0.2, 0.25) is 0 Å². The summed E-state index contributed by atoms with van der Waals surface area (Å²) in [6.45, 7) is 11.3. The number of hydrogen-bond donors (Lipinski definition) is 2. The van der Waals surface area contributed by atoms with Gasteiger partial charge in [-0.2, -0.15) is 0 Å². The topological polar surface area (TPSA) is 73.8 Å². The van der Waals surface area contributed by atoms with Crippen molar-refractivity contribution in [2.45, 2.75) is 70.0 Å². The minimum Gasteiger partial charge on any atom is -0.354 e. The van der Waals surface area contributed by atoms with Crippen molar-refractivity contribution in [1.29, 1.82) is 0 Å². The molecule has 2 rings (SSSR count). The van der Waals surface area contributed by atoms with E-state index in [4.69, 9.17) is 0 Å². The average Bonchev–Trinajstić information content (AvgIpc) is 2.68. The fourth-order valence-corrected chi connectivity index (χ4v) is 5.10. The first-order valence-electron chi connectivity index (χ1n) is 10.4. The third kappa shape index (κ3) is 6.78. The zero-order valence-electron chi connectivity index (χ0n) is 17.7. The highest BCUT2D eigenvalue weighted by atomic mass is 32.2. The van der Waals surface area contributed by atoms with E-state index in [0.717, 1.165) is 31.9 Å². The zero-order chi connectivity index (χ0) is 20.6. The molecular formula is C21H36N4O2S. The molecule has 6 nitrogen and oxygen atoms in total. The Kier molecular flexibility index (Phi) is 8.76. The normalized spacial score (nSPS) is 18.2. The predicted octanol–water partition coefficient (Wildman–Crippen LogP) is 2.67. The van der Waals surface area contributed by atoms with Crippen LogP contribution in [0.4, 0.5) is 0 Å². The van der Waals surface area contributed by atoms with Crippen molar-refractivity contribution in [2.24, 2.45) is 4.99 Å². The monoisotopic (exact) mass is 408 g/mol. The van der Waals surface area contributed by atoms with Crippen molar-refractivity contribution in [2.75, 3.05) is 25.4 Å². The van der Waals surface area contributed by atoms with Gasteiger partial charge in [0.15, 0.2) is 15.8 Å². The van der Waals surface area contributed by atoms with Crippen LogP contribution in [0, 0.1) is 0 Å². The minimum absolute atomic E-state index is 0.0592. The highest BCUT2D eigenvalue weighted by Crippen LogP contribution is 2.14. The van der Waals surface area contributed by atoms with Crippen LogP contribution in [0.15, 0.2) is 40.2 Å². The second-order valence-corrected chi connectivity index (χ2v) is 9.75. The number of guanidine groups is 1. The van der Waals surface area contributed by atoms with Gasteiger partial charge in [0.05, 0.1) is 10.6 Å². The number of nitrogens with one attached hydrogen (secondary N) is 2. The average molecular weight is 409 g/mol. The van der Waals surface area contributed by atoms with E-state index >= 15 is 0 Å². The molecule has 1 aliphatic rings. The summed E-state index contributed by atoms with van der Waals surface area (Å²) in [5.74, 6) is 0.782. The van der Waals surface area contributed by atoms with Gasteiger partial charge in [-0.05, 0) is 52.2 Å². The molecule has 1 aliphatic heterocycles. The van der Waals surface area contributed by atoms with Crippen molar-refractivity contribution in [3.05, 3.63) is 30.3 Å². The molecule has 28 heavy (non-hydrogen) atoms. The summed E-state index contributed by atoms with van der Waals surface area (Å²) in [6.07, 6.45) is 2.85. The molecule has 0 aliphatic carbocycles. The predicted molar refractivity (Wildman–Crippen MR) is 117 cm³/mol. The summed E-state index contributed by atoms with van der Waals surface area (Å²) >= 11 is 0. The number of likely N-dealkylation sites (tertiary alicyclic amines) is 1. The van der Waals surface area contributed by atoms with Gasteiger partial charge in [-0.1, -0.05) is 25.1 Å². The van der Waals surface area contributed by atoms with E-state index in [2.05, 4.69) is 34.4 Å². The fraction of sp³-hybridized carbons (Fsp3) is 0.667. The van der Waals surface area contributed by atoms with Crippen molar-refractivity contribution < 1.29 is 8.42 Å². The Morgan fingerprint density at radius 3 is 2.36 bits per heavy atom. The fourth-order valence-electron chi connectivity index (χ4n) is 3.49. The van der Waals surface area contributed by atoms with Crippen LogP contribution in [0.25, 0.3) is 0 Å². The Balaban J connectivity index is 1.97. The Bertz CT molecular complexity index is 711. The van der Waals surface area contributed by atoms with Gasteiger partial charge in [-0.3, -0.25) is 4.99 Å². The maximum absolute atomic E-state index is 12.7. The third-order valence-corrected chi connectivity index (χ3v) is 7.11. The van der Waals surface area contributed by atoms with Crippen LogP contribution in [-0.4, -0.2) is 62.8 Å². The molecule has 1 fully saturated rings. The first-order chi connectivity index (χ1) is 13.4. The Hall–Kier alpha value is -1.60. The smallest absolute Gasteiger partial charge is 0.191 e. The molecule has 2 N–H and O–H groups in total. The van der Waals surface area contributed by atoms with Crippen LogP contribution in [0.5, 0.6) is 0 Å². The summed E-state index contributed by atoms with van der Waals surface area (Å²) < 4.78 is 25.4. The lowest BCUT2D eigenvalue weighted by molar-refractivity contribution is 0.167. The summed E-state index contributed by atoms with van der Waals surface area (Å²) in [5.41, 5.74) is 0. The van der Waals surface area contributed by atoms with E-state index < -0.39 is 9.84 Å². The van der Waals surface area contributed by atoms with Gasteiger partial charge in [0, 0.05) is 37.8 Å². The standard InChI is InChI=1S/C21H36N4O2S/c1-5-18(16-28(26,27)20-10-8-7-9-11-20)23-21(22-6-2)24-19-12-14-25(15-13-19)17(3)4/h7-11,17-19H,5-6,12-16H2,1-4H3,(H2,22,23,24). The number of aliphatic imine (C=N–C) groups is 1. The summed E-state index contributed by atoms with van der Waals surface area (Å²) in [6, 6.07) is 9.43. The van der Waals surface area contributed by atoms with Gasteiger partial charge in [0.25, 0.3) is 0 Å². The van der Waals surface area contributed by atoms with Crippen LogP contribution in [-0.2, 0) is 9.84 Å². The molecule has 0 aromatic heterocycles. The van der Waals surface area contributed by atoms with Crippen LogP contribution < -0.4 is 10.6 Å². The van der Waals surface area contributed by atoms with Gasteiger partial charge in [0.2, 0.25) is 0 Å². The second kappa shape index (κ2) is 10.8. The lowest BCUT2D eigenvalue weighted by atomic mass is 10.0. The quantitative estimate of drug-likeness (QED) is 0.511. The number of sulfone groups is 1. The summed E-state index contributed by atoms with van der Waals surface area (Å²) in [5, 5.41) is 6.88. The van der Waals surface area contributed by atoms with E-state index in [0.29, 0.717) is 29.9 Å². The maximum atomic E-state index is 12.7. The highest BCUT2D eigenvalue weighted by Gasteiger charge is 2.24. The van der Waals surface area contributed by atoms with Crippen LogP contribution >= 0.6 is 0 Å². The molecule has 0 saturated carbocycles. The van der Waals surface area contributed by atoms with Crippen molar-refractivity contribution in [3.63, 3.8) is 0 Å². The lowest BCUT2D eigenvalue weighted by Crippen LogP contribution is -2.52. The van der Waals surface area contributed by atoms with Gasteiger partial charge < -0.3 is 15.5 Å². The summed E-state index contributed by atoms with van der Waals surface area (Å²) in [7, 11) is -3.33. The Morgan fingerprint density at radius 2 is 1.82 bits per heavy atom. The molecule has 0 amide bonds. The molecule has 1 aromatic rings. The third-order valence-electron chi connectivity index (χ3n) is 5.27. The Labute approximate surface area is 170 Å². The maximum Gasteiger partial charge on any atom is 0.191 e. The van der Waals surface area contributed by atoms with E-state index in [1.54, 1.807) is 24.3 Å². The van der Waals surface area contributed by atoms with E-state index in [9.17, 15) is 8.42 Å². The Morgan fingerprint density at radius 1 is 1.18 bits per heavy atom. The number of hydrogen-bond acceptors (Lipinski definition) is 4. The molecule has 1 heterocycles. The van der Waals surface area contributed by atoms with Crippen LogP contribution in [0.1, 0.15) is 47.0 Å². The number of rotatable bonds is 8. The molecule has 1 unspecified atom stereocenters. The first kappa shape index (κ1) is 22.7. The van der Waals surface area contributed by atoms with Gasteiger partial charge in [0.1, 0.15) is 0 Å². The van der Waals surface area contributed by atoms with Crippen LogP contribution in [0.3, 0.4) is 0 Å². The molecule has 0 bridgehead atoms. The molecule has 7 heteroatoms. The summed E-state index contributed by atoms with van der Waals surface area (Å²) in [4.78, 5) is 7.41. The van der Waals surface area contributed by atoms with Crippen molar-refractivity contribution in [1.82, 2.24) is 15.5 Å². The highest BCUT2D eigenvalue weighted by molar-refractivity contribution is 7.91. The number of nitrogens with zero attached hydrogens (tertiary/aromatic N) is 2. The number of piperidine rings is 1. The molecule has 1 atom stereocenters. The minimum atomic E-state index is -3.33. The number of benzene rings is 1. The van der Waals surface area contributed by atoms with Gasteiger partial charge in [-0.15, -0.1) is 0 Å². The molecule has 158 valence electrons. The van der Waals surface area contributed by atoms with E-state index in [1.807, 2.05) is 19.9 Å². The molecule has 0 radical (unpaired) electrons. The molecular weight excluding hydrogens is 372 g/mol. The second-order valence-electron chi connectivity index (χ2n) is 7.72. The molecule has 1 saturated heterocycles. The largest absolute Gasteiger partial charge is 0.354 e.